The summed E-state index contributed by atoms with van der Waals surface area (Å²) in [5, 5.41) is 0.234. The summed E-state index contributed by atoms with van der Waals surface area (Å²) in [5.74, 6) is 1.31. The van der Waals surface area contributed by atoms with Gasteiger partial charge in [-0.25, -0.2) is 0 Å². The van der Waals surface area contributed by atoms with E-state index in [4.69, 9.17) is 13.9 Å². The van der Waals surface area contributed by atoms with Crippen LogP contribution in [0.15, 0.2) is 30.4 Å². The molecule has 1 aliphatic rings. The molecule has 1 aromatic rings. The molecular formula is C19H28O4Si. The van der Waals surface area contributed by atoms with E-state index >= 15 is 0 Å². The molecule has 0 amide bonds. The summed E-state index contributed by atoms with van der Waals surface area (Å²) >= 11 is 0. The summed E-state index contributed by atoms with van der Waals surface area (Å²) in [6.45, 7) is 12.2. The second-order valence-corrected chi connectivity index (χ2v) is 12.4. The Morgan fingerprint density at radius 3 is 2.67 bits per heavy atom. The summed E-state index contributed by atoms with van der Waals surface area (Å²) in [6.07, 6.45) is 5.31. The van der Waals surface area contributed by atoms with Crippen LogP contribution in [0, 0.1) is 0 Å². The number of carbonyl (C=O) groups is 1. The first-order valence-corrected chi connectivity index (χ1v) is 11.4. The van der Waals surface area contributed by atoms with Gasteiger partial charge in [0.15, 0.2) is 25.6 Å². The summed E-state index contributed by atoms with van der Waals surface area (Å²) < 4.78 is 16.7. The Hall–Kier alpha value is -1.59. The molecule has 5 heteroatoms. The minimum Gasteiger partial charge on any atom is -0.454 e. The molecule has 0 aromatic heterocycles. The molecular weight excluding hydrogens is 320 g/mol. The van der Waals surface area contributed by atoms with E-state index in [1.807, 2.05) is 6.08 Å². The Morgan fingerprint density at radius 2 is 1.96 bits per heavy atom. The Morgan fingerprint density at radius 1 is 1.25 bits per heavy atom. The van der Waals surface area contributed by atoms with Crippen molar-refractivity contribution < 1.29 is 18.7 Å². The molecule has 4 nitrogen and oxygen atoms in total. The quantitative estimate of drug-likeness (QED) is 0.302. The number of allylic oxidation sites excluding steroid dienone is 2. The predicted molar refractivity (Wildman–Crippen MR) is 98.4 cm³/mol. The van der Waals surface area contributed by atoms with Crippen LogP contribution in [0.25, 0.3) is 0 Å². The van der Waals surface area contributed by atoms with E-state index in [1.165, 1.54) is 0 Å². The molecule has 132 valence electrons. The molecule has 0 N–H and O–H groups in total. The molecule has 0 atom stereocenters. The third kappa shape index (κ3) is 4.71. The second-order valence-electron chi connectivity index (χ2n) is 7.59. The topological polar surface area (TPSA) is 44.8 Å². The molecule has 0 bridgehead atoms. The highest BCUT2D eigenvalue weighted by Gasteiger charge is 2.36. The smallest absolute Gasteiger partial charge is 0.231 e. The van der Waals surface area contributed by atoms with Gasteiger partial charge in [0.1, 0.15) is 0 Å². The third-order valence-electron chi connectivity index (χ3n) is 4.71. The number of benzene rings is 1. The van der Waals surface area contributed by atoms with E-state index in [9.17, 15) is 4.79 Å². The van der Waals surface area contributed by atoms with Crippen LogP contribution in [0.3, 0.4) is 0 Å². The van der Waals surface area contributed by atoms with E-state index < -0.39 is 8.32 Å². The van der Waals surface area contributed by atoms with Gasteiger partial charge in [-0.2, -0.15) is 0 Å². The molecule has 0 fully saturated rings. The molecule has 0 saturated carbocycles. The standard InChI is InChI=1S/C19H28O4Si/c1-19(2,3)24(4,5)23-12-8-6-7-9-16(20)15-10-11-17-18(13-15)22-14-21-17/h7,9-11,13H,6,8,12,14H2,1-5H3/b9-7+. The number of fused-ring (bicyclic) bond motifs is 1. The summed E-state index contributed by atoms with van der Waals surface area (Å²) in [4.78, 5) is 12.2. The number of rotatable bonds is 7. The van der Waals surface area contributed by atoms with E-state index in [0.29, 0.717) is 17.1 Å². The molecule has 0 spiro atoms. The van der Waals surface area contributed by atoms with Crippen molar-refractivity contribution in [2.75, 3.05) is 13.4 Å². The zero-order chi connectivity index (χ0) is 17.8. The van der Waals surface area contributed by atoms with Crippen molar-refractivity contribution >= 4 is 14.1 Å². The molecule has 2 rings (SSSR count). The lowest BCUT2D eigenvalue weighted by Gasteiger charge is -2.36. The van der Waals surface area contributed by atoms with Crippen LogP contribution in [0.1, 0.15) is 44.0 Å². The maximum atomic E-state index is 12.2. The largest absolute Gasteiger partial charge is 0.454 e. The Bertz CT molecular complexity index is 614. The number of carbonyl (C=O) groups excluding carboxylic acids is 1. The normalized spacial score (nSPS) is 14.4. The number of hydrogen-bond donors (Lipinski definition) is 0. The van der Waals surface area contributed by atoms with Crippen LogP contribution in [-0.4, -0.2) is 27.5 Å². The van der Waals surface area contributed by atoms with Crippen molar-refractivity contribution in [2.24, 2.45) is 0 Å². The van der Waals surface area contributed by atoms with Crippen molar-refractivity contribution in [1.29, 1.82) is 0 Å². The maximum absolute atomic E-state index is 12.2. The maximum Gasteiger partial charge on any atom is 0.231 e. The molecule has 0 saturated heterocycles. The van der Waals surface area contributed by atoms with Crippen LogP contribution in [-0.2, 0) is 4.43 Å². The van der Waals surface area contributed by atoms with Gasteiger partial charge < -0.3 is 13.9 Å². The Balaban J connectivity index is 1.75. The highest BCUT2D eigenvalue weighted by atomic mass is 28.4. The first kappa shape index (κ1) is 18.7. The Kier molecular flexibility index (Phi) is 5.88. The molecule has 1 aromatic carbocycles. The average molecular weight is 349 g/mol. The van der Waals surface area contributed by atoms with Crippen molar-refractivity contribution in [3.63, 3.8) is 0 Å². The fourth-order valence-corrected chi connectivity index (χ4v) is 3.17. The summed E-state index contributed by atoms with van der Waals surface area (Å²) in [6, 6.07) is 5.27. The molecule has 1 heterocycles. The van der Waals surface area contributed by atoms with Gasteiger partial charge in [-0.05, 0) is 55.2 Å². The first-order valence-electron chi connectivity index (χ1n) is 8.45. The predicted octanol–water partition coefficient (Wildman–Crippen LogP) is 4.96. The molecule has 24 heavy (non-hydrogen) atoms. The van der Waals surface area contributed by atoms with Crippen LogP contribution in [0.2, 0.25) is 18.1 Å². The molecule has 1 aliphatic heterocycles. The minimum atomic E-state index is -1.67. The van der Waals surface area contributed by atoms with E-state index in [-0.39, 0.29) is 17.6 Å². The summed E-state index contributed by atoms with van der Waals surface area (Å²) in [5.41, 5.74) is 0.619. The zero-order valence-electron chi connectivity index (χ0n) is 15.3. The monoisotopic (exact) mass is 348 g/mol. The lowest BCUT2D eigenvalue weighted by Crippen LogP contribution is -2.40. The average Bonchev–Trinajstić information content (AvgIpc) is 2.96. The Labute approximate surface area is 145 Å². The van der Waals surface area contributed by atoms with Crippen molar-refractivity contribution in [3.05, 3.63) is 35.9 Å². The van der Waals surface area contributed by atoms with Crippen LogP contribution in [0.4, 0.5) is 0 Å². The van der Waals surface area contributed by atoms with Crippen molar-refractivity contribution in [1.82, 2.24) is 0 Å². The van der Waals surface area contributed by atoms with Gasteiger partial charge in [-0.3, -0.25) is 4.79 Å². The SMILES string of the molecule is CC(C)(C)[Si](C)(C)OCCC/C=C/C(=O)c1ccc2c(c1)OCO2. The zero-order valence-corrected chi connectivity index (χ0v) is 16.3. The van der Waals surface area contributed by atoms with Crippen molar-refractivity contribution in [2.45, 2.75) is 51.7 Å². The van der Waals surface area contributed by atoms with Crippen molar-refractivity contribution in [3.8, 4) is 11.5 Å². The first-order chi connectivity index (χ1) is 11.2. The van der Waals surface area contributed by atoms with Crippen LogP contribution < -0.4 is 9.47 Å². The van der Waals surface area contributed by atoms with E-state index in [2.05, 4.69) is 33.9 Å². The van der Waals surface area contributed by atoms with Gasteiger partial charge in [-0.15, -0.1) is 0 Å². The lowest BCUT2D eigenvalue weighted by atomic mass is 10.1. The number of unbranched alkanes of at least 4 members (excludes halogenated alkanes) is 1. The molecule has 0 aliphatic carbocycles. The van der Waals surface area contributed by atoms with E-state index in [0.717, 1.165) is 19.4 Å². The number of hydrogen-bond acceptors (Lipinski definition) is 4. The summed E-state index contributed by atoms with van der Waals surface area (Å²) in [7, 11) is -1.67. The van der Waals surface area contributed by atoms with Gasteiger partial charge in [0, 0.05) is 12.2 Å². The van der Waals surface area contributed by atoms with Gasteiger partial charge in [0.05, 0.1) is 0 Å². The number of ketones is 1. The highest BCUT2D eigenvalue weighted by molar-refractivity contribution is 6.74. The lowest BCUT2D eigenvalue weighted by molar-refractivity contribution is 0.104. The molecule has 0 unspecified atom stereocenters. The van der Waals surface area contributed by atoms with Crippen LogP contribution >= 0.6 is 0 Å². The molecule has 0 radical (unpaired) electrons. The third-order valence-corrected chi connectivity index (χ3v) is 9.25. The highest BCUT2D eigenvalue weighted by Crippen LogP contribution is 2.36. The second kappa shape index (κ2) is 7.53. The van der Waals surface area contributed by atoms with Gasteiger partial charge in [-0.1, -0.05) is 26.8 Å². The van der Waals surface area contributed by atoms with Gasteiger partial charge in [0.25, 0.3) is 0 Å². The fraction of sp³-hybridized carbons (Fsp3) is 0.526. The minimum absolute atomic E-state index is 0.0152. The van der Waals surface area contributed by atoms with Crippen LogP contribution in [0.5, 0.6) is 11.5 Å². The van der Waals surface area contributed by atoms with E-state index in [1.54, 1.807) is 24.3 Å². The van der Waals surface area contributed by atoms with Gasteiger partial charge in [0.2, 0.25) is 6.79 Å². The number of ether oxygens (including phenoxy) is 2. The fourth-order valence-electron chi connectivity index (χ4n) is 2.08. The van der Waals surface area contributed by atoms with Gasteiger partial charge >= 0.3 is 0 Å².